The van der Waals surface area contributed by atoms with Crippen molar-refractivity contribution in [3.05, 3.63) is 18.1 Å². The van der Waals surface area contributed by atoms with Crippen molar-refractivity contribution in [3.8, 4) is 0 Å². The second-order valence-electron chi connectivity index (χ2n) is 4.87. The first-order valence-corrected chi connectivity index (χ1v) is 6.33. The maximum atomic E-state index is 8.79. The number of hydrogen-bond donors (Lipinski definition) is 2. The Morgan fingerprint density at radius 2 is 2.32 bits per heavy atom. The summed E-state index contributed by atoms with van der Waals surface area (Å²) in [6.07, 6.45) is 5.55. The van der Waals surface area contributed by atoms with Gasteiger partial charge in [0.15, 0.2) is 17.3 Å². The Labute approximate surface area is 112 Å². The Kier molecular flexibility index (Phi) is 4.16. The van der Waals surface area contributed by atoms with E-state index in [9.17, 15) is 0 Å². The van der Waals surface area contributed by atoms with Crippen molar-refractivity contribution in [1.82, 2.24) is 14.9 Å². The zero-order chi connectivity index (χ0) is 13.8. The van der Waals surface area contributed by atoms with E-state index in [0.717, 1.165) is 13.1 Å². The van der Waals surface area contributed by atoms with Crippen LogP contribution in [0.25, 0.3) is 0 Å². The minimum atomic E-state index is -0.0188. The number of nitrogens with zero attached hydrogens (tertiary/aromatic N) is 5. The highest BCUT2D eigenvalue weighted by atomic mass is 16.4. The van der Waals surface area contributed by atoms with Crippen molar-refractivity contribution >= 4 is 11.7 Å². The molecule has 0 amide bonds. The summed E-state index contributed by atoms with van der Waals surface area (Å²) in [5.41, 5.74) is 6.04. The molecule has 1 aromatic heterocycles. The smallest absolute Gasteiger partial charge is 0.192 e. The zero-order valence-electron chi connectivity index (χ0n) is 11.3. The third-order valence-corrected chi connectivity index (χ3v) is 3.55. The van der Waals surface area contributed by atoms with Crippen LogP contribution in [0, 0.1) is 0 Å². The van der Waals surface area contributed by atoms with E-state index in [1.165, 1.54) is 19.0 Å². The first-order valence-electron chi connectivity index (χ1n) is 6.33. The predicted octanol–water partition coefficient (Wildman–Crippen LogP) is 0.102. The molecule has 1 aliphatic rings. The molecule has 2 heterocycles. The fraction of sp³-hybridized carbons (Fsp3) is 0.583. The van der Waals surface area contributed by atoms with Gasteiger partial charge >= 0.3 is 0 Å². The molecule has 1 aliphatic heterocycles. The topological polar surface area (TPSA) is 90.9 Å². The SMILES string of the molecule is CN(CC1CCCN1C)c1nccnc1C(N)=NO. The number of amidine groups is 1. The molecular weight excluding hydrogens is 244 g/mol. The number of nitrogens with two attached hydrogens (primary N) is 1. The monoisotopic (exact) mass is 264 g/mol. The minimum absolute atomic E-state index is 0.0188. The molecule has 1 fully saturated rings. The van der Waals surface area contributed by atoms with Crippen LogP contribution in [0.2, 0.25) is 0 Å². The number of oxime groups is 1. The molecule has 2 rings (SSSR count). The second kappa shape index (κ2) is 5.83. The van der Waals surface area contributed by atoms with Crippen LogP contribution >= 0.6 is 0 Å². The normalized spacial score (nSPS) is 20.7. The van der Waals surface area contributed by atoms with E-state index in [2.05, 4.69) is 27.1 Å². The van der Waals surface area contributed by atoms with E-state index < -0.39 is 0 Å². The number of anilines is 1. The van der Waals surface area contributed by atoms with E-state index in [-0.39, 0.29) is 5.84 Å². The highest BCUT2D eigenvalue weighted by molar-refractivity contribution is 5.99. The molecule has 1 aromatic rings. The van der Waals surface area contributed by atoms with E-state index in [1.807, 2.05) is 11.9 Å². The van der Waals surface area contributed by atoms with Gasteiger partial charge in [0.2, 0.25) is 0 Å². The highest BCUT2D eigenvalue weighted by Gasteiger charge is 2.24. The third kappa shape index (κ3) is 2.93. The summed E-state index contributed by atoms with van der Waals surface area (Å²) >= 11 is 0. The summed E-state index contributed by atoms with van der Waals surface area (Å²) in [7, 11) is 4.08. The zero-order valence-corrected chi connectivity index (χ0v) is 11.3. The standard InChI is InChI=1S/C12H20N6O/c1-17-7-3-4-9(17)8-18(2)12-10(11(13)16-19)14-5-6-15-12/h5-6,9,19H,3-4,7-8H2,1-2H3,(H2,13,16). The molecule has 0 spiro atoms. The molecule has 3 N–H and O–H groups in total. The van der Waals surface area contributed by atoms with Crippen LogP contribution in [0.1, 0.15) is 18.5 Å². The first kappa shape index (κ1) is 13.5. The van der Waals surface area contributed by atoms with Gasteiger partial charge in [-0.15, -0.1) is 0 Å². The lowest BCUT2D eigenvalue weighted by atomic mass is 10.2. The van der Waals surface area contributed by atoms with Crippen molar-refractivity contribution in [3.63, 3.8) is 0 Å². The fourth-order valence-electron chi connectivity index (χ4n) is 2.45. The van der Waals surface area contributed by atoms with Crippen LogP contribution in [0.5, 0.6) is 0 Å². The lowest BCUT2D eigenvalue weighted by Crippen LogP contribution is -2.38. The number of rotatable bonds is 4. The van der Waals surface area contributed by atoms with E-state index >= 15 is 0 Å². The summed E-state index contributed by atoms with van der Waals surface area (Å²) in [4.78, 5) is 12.8. The Bertz CT molecular complexity index is 463. The first-order chi connectivity index (χ1) is 9.13. The van der Waals surface area contributed by atoms with Crippen molar-refractivity contribution in [2.75, 3.05) is 32.1 Å². The van der Waals surface area contributed by atoms with Crippen LogP contribution in [0.3, 0.4) is 0 Å². The lowest BCUT2D eigenvalue weighted by Gasteiger charge is -2.27. The molecule has 0 radical (unpaired) electrons. The predicted molar refractivity (Wildman–Crippen MR) is 73.5 cm³/mol. The summed E-state index contributed by atoms with van der Waals surface area (Å²) in [6.45, 7) is 1.98. The summed E-state index contributed by atoms with van der Waals surface area (Å²) in [5, 5.41) is 11.8. The van der Waals surface area contributed by atoms with Crippen LogP contribution in [-0.4, -0.2) is 59.1 Å². The third-order valence-electron chi connectivity index (χ3n) is 3.55. The second-order valence-corrected chi connectivity index (χ2v) is 4.87. The number of likely N-dealkylation sites (tertiary alicyclic amines) is 1. The molecule has 1 saturated heterocycles. The van der Waals surface area contributed by atoms with Crippen LogP contribution < -0.4 is 10.6 Å². The van der Waals surface area contributed by atoms with Gasteiger partial charge in [0.25, 0.3) is 0 Å². The molecule has 0 aromatic carbocycles. The Hall–Kier alpha value is -1.89. The highest BCUT2D eigenvalue weighted by Crippen LogP contribution is 2.19. The van der Waals surface area contributed by atoms with Crippen molar-refractivity contribution in [2.24, 2.45) is 10.9 Å². The van der Waals surface area contributed by atoms with E-state index in [0.29, 0.717) is 17.6 Å². The molecule has 7 heteroatoms. The van der Waals surface area contributed by atoms with Gasteiger partial charge in [0.05, 0.1) is 0 Å². The summed E-state index contributed by atoms with van der Waals surface area (Å²) in [5.74, 6) is 0.618. The summed E-state index contributed by atoms with van der Waals surface area (Å²) in [6, 6.07) is 0.507. The van der Waals surface area contributed by atoms with E-state index in [4.69, 9.17) is 10.9 Å². The molecule has 7 nitrogen and oxygen atoms in total. The lowest BCUT2D eigenvalue weighted by molar-refractivity contribution is 0.313. The molecular formula is C12H20N6O. The number of aromatic nitrogens is 2. The van der Waals surface area contributed by atoms with Gasteiger partial charge < -0.3 is 20.7 Å². The largest absolute Gasteiger partial charge is 0.409 e. The Morgan fingerprint density at radius 3 is 2.95 bits per heavy atom. The van der Waals surface area contributed by atoms with Gasteiger partial charge in [-0.25, -0.2) is 9.97 Å². The van der Waals surface area contributed by atoms with Crippen LogP contribution in [0.4, 0.5) is 5.82 Å². The average Bonchev–Trinajstić information content (AvgIpc) is 2.83. The van der Waals surface area contributed by atoms with E-state index in [1.54, 1.807) is 6.20 Å². The quantitative estimate of drug-likeness (QED) is 0.347. The molecule has 104 valence electrons. The van der Waals surface area contributed by atoms with Crippen molar-refractivity contribution < 1.29 is 5.21 Å². The van der Waals surface area contributed by atoms with Crippen molar-refractivity contribution in [2.45, 2.75) is 18.9 Å². The minimum Gasteiger partial charge on any atom is -0.409 e. The van der Waals surface area contributed by atoms with Gasteiger partial charge in [0.1, 0.15) is 0 Å². The van der Waals surface area contributed by atoms with Crippen LogP contribution in [-0.2, 0) is 0 Å². The molecule has 1 atom stereocenters. The molecule has 19 heavy (non-hydrogen) atoms. The fourth-order valence-corrected chi connectivity index (χ4v) is 2.45. The Morgan fingerprint density at radius 1 is 1.58 bits per heavy atom. The molecule has 0 bridgehead atoms. The van der Waals surface area contributed by atoms with Crippen molar-refractivity contribution in [1.29, 1.82) is 0 Å². The summed E-state index contributed by atoms with van der Waals surface area (Å²) < 4.78 is 0. The molecule has 1 unspecified atom stereocenters. The maximum absolute atomic E-state index is 8.79. The van der Waals surface area contributed by atoms with Gasteiger partial charge in [-0.05, 0) is 26.4 Å². The Balaban J connectivity index is 2.16. The van der Waals surface area contributed by atoms with Crippen LogP contribution in [0.15, 0.2) is 17.5 Å². The van der Waals surface area contributed by atoms with Gasteiger partial charge in [-0.3, -0.25) is 0 Å². The van der Waals surface area contributed by atoms with Gasteiger partial charge in [-0.1, -0.05) is 5.16 Å². The average molecular weight is 264 g/mol. The maximum Gasteiger partial charge on any atom is 0.192 e. The molecule has 0 aliphatic carbocycles. The van der Waals surface area contributed by atoms with Gasteiger partial charge in [0, 0.05) is 32.0 Å². The molecule has 0 saturated carbocycles. The van der Waals surface area contributed by atoms with Gasteiger partial charge in [-0.2, -0.15) is 0 Å². The number of likely N-dealkylation sites (N-methyl/N-ethyl adjacent to an activating group) is 2. The number of hydrogen-bond acceptors (Lipinski definition) is 6.